The molecule has 0 bridgehead atoms. The summed E-state index contributed by atoms with van der Waals surface area (Å²) in [5, 5.41) is 0. The number of fused-ring (bicyclic) bond motifs is 6. The summed E-state index contributed by atoms with van der Waals surface area (Å²) in [5.74, 6) is 2.48. The maximum absolute atomic E-state index is 12.9. The van der Waals surface area contributed by atoms with Crippen molar-refractivity contribution in [3.63, 3.8) is 0 Å². The van der Waals surface area contributed by atoms with Crippen LogP contribution in [0.1, 0.15) is 31.8 Å². The number of carbonyl (C=O) groups is 2. The molecule has 0 aliphatic heterocycles. The molecule has 4 aromatic carbocycles. The minimum Gasteiger partial charge on any atom is -0.497 e. The first-order chi connectivity index (χ1) is 19.1. The maximum atomic E-state index is 12.9. The van der Waals surface area contributed by atoms with E-state index in [1.165, 1.54) is 0 Å². The highest BCUT2D eigenvalue weighted by atomic mass is 16.5. The van der Waals surface area contributed by atoms with Crippen LogP contribution in [0.15, 0.2) is 72.8 Å². The van der Waals surface area contributed by atoms with Crippen molar-refractivity contribution in [1.82, 2.24) is 0 Å². The molecule has 0 saturated heterocycles. The molecule has 196 valence electrons. The first kappa shape index (κ1) is 24.7. The molecule has 2 aliphatic carbocycles. The predicted octanol–water partition coefficient (Wildman–Crippen LogP) is 5.60. The molecule has 6 rings (SSSR count). The minimum absolute atomic E-state index is 0.0328. The number of benzene rings is 4. The monoisotopic (exact) mass is 522 g/mol. The highest BCUT2D eigenvalue weighted by Crippen LogP contribution is 2.41. The Kier molecular flexibility index (Phi) is 6.50. The summed E-state index contributed by atoms with van der Waals surface area (Å²) < 4.78 is 27.8. The van der Waals surface area contributed by atoms with E-state index in [-0.39, 0.29) is 11.6 Å². The third-order valence-electron chi connectivity index (χ3n) is 6.99. The molecule has 0 fully saturated rings. The van der Waals surface area contributed by atoms with E-state index in [0.717, 1.165) is 22.3 Å². The van der Waals surface area contributed by atoms with Crippen molar-refractivity contribution in [2.24, 2.45) is 0 Å². The van der Waals surface area contributed by atoms with Gasteiger partial charge in [-0.15, -0.1) is 0 Å². The van der Waals surface area contributed by atoms with Crippen LogP contribution in [0.4, 0.5) is 0 Å². The zero-order valence-electron chi connectivity index (χ0n) is 21.6. The highest BCUT2D eigenvalue weighted by Gasteiger charge is 2.28. The molecular weight excluding hydrogens is 496 g/mol. The molecule has 0 spiro atoms. The van der Waals surface area contributed by atoms with Gasteiger partial charge in [0, 0.05) is 22.3 Å². The van der Waals surface area contributed by atoms with Crippen LogP contribution in [0.3, 0.4) is 0 Å². The van der Waals surface area contributed by atoms with Crippen molar-refractivity contribution in [1.29, 1.82) is 0 Å². The molecule has 4 aromatic rings. The SMILES string of the molecule is COc1ccc2c(c1)C(=O)c1cc(OCCOCCOc3ccc4c(c3)C(=O)c3cc(OC)ccc3-4)ccc1-2. The standard InChI is InChI=1S/C32H26O7/c1-35-19-3-7-23-25-9-5-21(17-29(25)31(33)27(23)15-19)38-13-11-37-12-14-39-22-6-10-26-24-8-4-20(36-2)16-28(24)32(34)30(26)18-22/h3-10,15-18H,11-14H2,1-2H3. The van der Waals surface area contributed by atoms with E-state index < -0.39 is 0 Å². The molecule has 0 unspecified atom stereocenters. The van der Waals surface area contributed by atoms with Crippen molar-refractivity contribution in [2.75, 3.05) is 40.6 Å². The van der Waals surface area contributed by atoms with Crippen LogP contribution in [0, 0.1) is 0 Å². The van der Waals surface area contributed by atoms with Crippen LogP contribution >= 0.6 is 0 Å². The first-order valence-corrected chi connectivity index (χ1v) is 12.6. The number of ether oxygens (including phenoxy) is 5. The number of carbonyl (C=O) groups excluding carboxylic acids is 2. The number of hydrogen-bond acceptors (Lipinski definition) is 7. The minimum atomic E-state index is -0.0328. The van der Waals surface area contributed by atoms with E-state index in [2.05, 4.69) is 0 Å². The van der Waals surface area contributed by atoms with E-state index in [9.17, 15) is 9.59 Å². The van der Waals surface area contributed by atoms with Crippen molar-refractivity contribution >= 4 is 11.6 Å². The van der Waals surface area contributed by atoms with Crippen LogP contribution in [0.5, 0.6) is 23.0 Å². The quantitative estimate of drug-likeness (QED) is 0.217. The molecule has 7 nitrogen and oxygen atoms in total. The lowest BCUT2D eigenvalue weighted by atomic mass is 10.1. The summed E-state index contributed by atoms with van der Waals surface area (Å²) in [6, 6.07) is 22.1. The van der Waals surface area contributed by atoms with Gasteiger partial charge in [-0.05, 0) is 95.1 Å². The molecule has 0 N–H and O–H groups in total. The van der Waals surface area contributed by atoms with Crippen molar-refractivity contribution < 1.29 is 33.3 Å². The molecule has 0 amide bonds. The predicted molar refractivity (Wildman–Crippen MR) is 146 cm³/mol. The van der Waals surface area contributed by atoms with Crippen molar-refractivity contribution in [3.8, 4) is 45.3 Å². The van der Waals surface area contributed by atoms with Gasteiger partial charge >= 0.3 is 0 Å². The largest absolute Gasteiger partial charge is 0.497 e. The van der Waals surface area contributed by atoms with Crippen LogP contribution in [-0.4, -0.2) is 52.2 Å². The fourth-order valence-corrected chi connectivity index (χ4v) is 5.05. The lowest BCUT2D eigenvalue weighted by Crippen LogP contribution is -2.12. The summed E-state index contributed by atoms with van der Waals surface area (Å²) in [7, 11) is 3.17. The molecule has 7 heteroatoms. The fraction of sp³-hybridized carbons (Fsp3) is 0.188. The number of rotatable bonds is 10. The van der Waals surface area contributed by atoms with Crippen LogP contribution in [0.25, 0.3) is 22.3 Å². The van der Waals surface area contributed by atoms with Gasteiger partial charge in [0.05, 0.1) is 27.4 Å². The topological polar surface area (TPSA) is 80.3 Å². The van der Waals surface area contributed by atoms with Gasteiger partial charge in [0.1, 0.15) is 36.2 Å². The smallest absolute Gasteiger partial charge is 0.194 e. The van der Waals surface area contributed by atoms with Gasteiger partial charge in [-0.3, -0.25) is 9.59 Å². The van der Waals surface area contributed by atoms with Crippen LogP contribution in [-0.2, 0) is 4.74 Å². The lowest BCUT2D eigenvalue weighted by molar-refractivity contribution is 0.0763. The first-order valence-electron chi connectivity index (χ1n) is 12.6. The summed E-state index contributed by atoms with van der Waals surface area (Å²) >= 11 is 0. The Morgan fingerprint density at radius 3 is 1.13 bits per heavy atom. The Balaban J connectivity index is 0.969. The third kappa shape index (κ3) is 4.51. The van der Waals surface area contributed by atoms with Gasteiger partial charge < -0.3 is 23.7 Å². The Morgan fingerprint density at radius 1 is 0.436 bits per heavy atom. The average Bonchev–Trinajstić information content (AvgIpc) is 3.41. The Bertz CT molecular complexity index is 1490. The van der Waals surface area contributed by atoms with E-state index in [1.54, 1.807) is 38.5 Å². The molecule has 0 heterocycles. The van der Waals surface area contributed by atoms with E-state index in [4.69, 9.17) is 23.7 Å². The van der Waals surface area contributed by atoms with Gasteiger partial charge in [0.25, 0.3) is 0 Å². The van der Waals surface area contributed by atoms with Crippen molar-refractivity contribution in [3.05, 3.63) is 95.1 Å². The molecule has 0 atom stereocenters. The molecule has 0 saturated carbocycles. The summed E-state index contributed by atoms with van der Waals surface area (Å²) in [6.07, 6.45) is 0. The molecular formula is C32H26O7. The number of methoxy groups -OCH3 is 2. The normalized spacial score (nSPS) is 12.5. The summed E-state index contributed by atoms with van der Waals surface area (Å²) in [5.41, 5.74) is 6.14. The Labute approximate surface area is 225 Å². The van der Waals surface area contributed by atoms with E-state index in [0.29, 0.717) is 71.7 Å². The van der Waals surface area contributed by atoms with E-state index >= 15 is 0 Å². The van der Waals surface area contributed by atoms with Crippen LogP contribution in [0.2, 0.25) is 0 Å². The molecule has 2 aliphatic rings. The second-order valence-corrected chi connectivity index (χ2v) is 9.21. The zero-order valence-corrected chi connectivity index (χ0v) is 21.6. The van der Waals surface area contributed by atoms with Gasteiger partial charge in [-0.2, -0.15) is 0 Å². The van der Waals surface area contributed by atoms with Crippen molar-refractivity contribution in [2.45, 2.75) is 0 Å². The molecule has 39 heavy (non-hydrogen) atoms. The number of ketones is 2. The highest BCUT2D eigenvalue weighted by molar-refractivity contribution is 6.22. The Morgan fingerprint density at radius 2 is 0.769 bits per heavy atom. The number of hydrogen-bond donors (Lipinski definition) is 0. The maximum Gasteiger partial charge on any atom is 0.194 e. The Hall–Kier alpha value is -4.62. The average molecular weight is 523 g/mol. The summed E-state index contributed by atoms with van der Waals surface area (Å²) in [4.78, 5) is 25.7. The van der Waals surface area contributed by atoms with Crippen LogP contribution < -0.4 is 18.9 Å². The van der Waals surface area contributed by atoms with Gasteiger partial charge in [0.2, 0.25) is 0 Å². The molecule has 0 radical (unpaired) electrons. The van der Waals surface area contributed by atoms with E-state index in [1.807, 2.05) is 48.5 Å². The van der Waals surface area contributed by atoms with Gasteiger partial charge in [0.15, 0.2) is 11.6 Å². The fourth-order valence-electron chi connectivity index (χ4n) is 5.05. The van der Waals surface area contributed by atoms with Gasteiger partial charge in [-0.1, -0.05) is 0 Å². The van der Waals surface area contributed by atoms with Gasteiger partial charge in [-0.25, -0.2) is 0 Å². The summed E-state index contributed by atoms with van der Waals surface area (Å²) in [6.45, 7) is 1.41. The lowest BCUT2D eigenvalue weighted by Gasteiger charge is -2.10. The second-order valence-electron chi connectivity index (χ2n) is 9.21. The zero-order chi connectivity index (χ0) is 26.9. The second kappa shape index (κ2) is 10.3. The molecule has 0 aromatic heterocycles. The third-order valence-corrected chi connectivity index (χ3v) is 6.99.